The zero-order chi connectivity index (χ0) is 14.8. The molecule has 1 unspecified atom stereocenters. The summed E-state index contributed by atoms with van der Waals surface area (Å²) in [4.78, 5) is 12.3. The van der Waals surface area contributed by atoms with Gasteiger partial charge >= 0.3 is 0 Å². The van der Waals surface area contributed by atoms with Gasteiger partial charge in [-0.1, -0.05) is 41.6 Å². The smallest absolute Gasteiger partial charge is 0.232 e. The topological polar surface area (TPSA) is 61.7 Å². The predicted molar refractivity (Wildman–Crippen MR) is 82.0 cm³/mol. The SMILES string of the molecule is CC(=NO)c1cccc(NC(=O)C2Cc3ccccc32)c1. The van der Waals surface area contributed by atoms with Crippen LogP contribution in [-0.4, -0.2) is 16.8 Å². The molecule has 1 amide bonds. The van der Waals surface area contributed by atoms with Gasteiger partial charge in [-0.25, -0.2) is 0 Å². The second-order valence-electron chi connectivity index (χ2n) is 5.21. The number of anilines is 1. The largest absolute Gasteiger partial charge is 0.411 e. The molecular formula is C17H16N2O2. The second kappa shape index (κ2) is 5.40. The van der Waals surface area contributed by atoms with E-state index in [9.17, 15) is 4.79 Å². The number of nitrogens with one attached hydrogen (secondary N) is 1. The molecule has 21 heavy (non-hydrogen) atoms. The molecule has 1 aliphatic carbocycles. The highest BCUT2D eigenvalue weighted by molar-refractivity contribution is 6.01. The molecule has 0 aliphatic heterocycles. The zero-order valence-electron chi connectivity index (χ0n) is 11.7. The molecule has 4 nitrogen and oxygen atoms in total. The van der Waals surface area contributed by atoms with Gasteiger partial charge in [0.1, 0.15) is 0 Å². The van der Waals surface area contributed by atoms with Gasteiger partial charge in [-0.2, -0.15) is 0 Å². The van der Waals surface area contributed by atoms with E-state index in [2.05, 4.69) is 16.5 Å². The third-order valence-electron chi connectivity index (χ3n) is 3.87. The lowest BCUT2D eigenvalue weighted by atomic mass is 9.77. The Morgan fingerprint density at radius 2 is 2.05 bits per heavy atom. The summed E-state index contributed by atoms with van der Waals surface area (Å²) in [6.07, 6.45) is 0.790. The van der Waals surface area contributed by atoms with E-state index in [1.165, 1.54) is 5.56 Å². The summed E-state index contributed by atoms with van der Waals surface area (Å²) in [5.74, 6) is -0.0677. The summed E-state index contributed by atoms with van der Waals surface area (Å²) < 4.78 is 0. The van der Waals surface area contributed by atoms with E-state index >= 15 is 0 Å². The molecule has 4 heteroatoms. The fraction of sp³-hybridized carbons (Fsp3) is 0.176. The molecule has 1 aliphatic rings. The van der Waals surface area contributed by atoms with Crippen LogP contribution in [0.3, 0.4) is 0 Å². The maximum absolute atomic E-state index is 12.3. The van der Waals surface area contributed by atoms with Gasteiger partial charge in [-0.15, -0.1) is 0 Å². The lowest BCUT2D eigenvalue weighted by Crippen LogP contribution is -2.30. The van der Waals surface area contributed by atoms with Crippen molar-refractivity contribution in [1.82, 2.24) is 0 Å². The van der Waals surface area contributed by atoms with Crippen molar-refractivity contribution >= 4 is 17.3 Å². The van der Waals surface area contributed by atoms with Gasteiger partial charge in [0.2, 0.25) is 5.91 Å². The van der Waals surface area contributed by atoms with Gasteiger partial charge in [0.15, 0.2) is 0 Å². The summed E-state index contributed by atoms with van der Waals surface area (Å²) in [5, 5.41) is 14.9. The Hall–Kier alpha value is -2.62. The zero-order valence-corrected chi connectivity index (χ0v) is 11.7. The van der Waals surface area contributed by atoms with Crippen LogP contribution in [0.25, 0.3) is 0 Å². The molecule has 3 rings (SSSR count). The van der Waals surface area contributed by atoms with Gasteiger partial charge in [0.05, 0.1) is 11.6 Å². The summed E-state index contributed by atoms with van der Waals surface area (Å²) in [5.41, 5.74) is 4.36. The number of carbonyl (C=O) groups excluding carboxylic acids is 1. The molecule has 2 aromatic carbocycles. The van der Waals surface area contributed by atoms with Crippen LogP contribution >= 0.6 is 0 Å². The van der Waals surface area contributed by atoms with Crippen molar-refractivity contribution in [2.24, 2.45) is 5.16 Å². The molecule has 0 aromatic heterocycles. The van der Waals surface area contributed by atoms with E-state index < -0.39 is 0 Å². The van der Waals surface area contributed by atoms with Crippen LogP contribution in [0.1, 0.15) is 29.5 Å². The number of oxime groups is 1. The van der Waals surface area contributed by atoms with E-state index in [0.29, 0.717) is 11.4 Å². The highest BCUT2D eigenvalue weighted by atomic mass is 16.4. The van der Waals surface area contributed by atoms with E-state index in [4.69, 9.17) is 5.21 Å². The van der Waals surface area contributed by atoms with Gasteiger partial charge in [-0.3, -0.25) is 4.79 Å². The third kappa shape index (κ3) is 2.52. The Morgan fingerprint density at radius 1 is 1.24 bits per heavy atom. The number of hydrogen-bond acceptors (Lipinski definition) is 3. The van der Waals surface area contributed by atoms with Crippen LogP contribution < -0.4 is 5.32 Å². The van der Waals surface area contributed by atoms with Crippen molar-refractivity contribution in [3.8, 4) is 0 Å². The minimum absolute atomic E-state index is 0.00411. The van der Waals surface area contributed by atoms with Crippen molar-refractivity contribution < 1.29 is 10.0 Å². The quantitative estimate of drug-likeness (QED) is 0.515. The lowest BCUT2D eigenvalue weighted by molar-refractivity contribution is -0.118. The number of hydrogen-bond donors (Lipinski definition) is 2. The van der Waals surface area contributed by atoms with Crippen LogP contribution in [0.4, 0.5) is 5.69 Å². The van der Waals surface area contributed by atoms with Gasteiger partial charge in [0.25, 0.3) is 0 Å². The molecule has 0 fully saturated rings. The van der Waals surface area contributed by atoms with Crippen LogP contribution in [0.15, 0.2) is 53.7 Å². The van der Waals surface area contributed by atoms with E-state index in [0.717, 1.165) is 17.5 Å². The molecule has 0 spiro atoms. The maximum Gasteiger partial charge on any atom is 0.232 e. The minimum Gasteiger partial charge on any atom is -0.411 e. The van der Waals surface area contributed by atoms with E-state index in [1.807, 2.05) is 36.4 Å². The Labute approximate surface area is 123 Å². The second-order valence-corrected chi connectivity index (χ2v) is 5.21. The van der Waals surface area contributed by atoms with E-state index in [-0.39, 0.29) is 11.8 Å². The van der Waals surface area contributed by atoms with Crippen molar-refractivity contribution in [2.75, 3.05) is 5.32 Å². The number of amides is 1. The maximum atomic E-state index is 12.3. The van der Waals surface area contributed by atoms with Crippen molar-refractivity contribution in [2.45, 2.75) is 19.3 Å². The molecule has 1 atom stereocenters. The van der Waals surface area contributed by atoms with Gasteiger partial charge in [0, 0.05) is 11.3 Å². The summed E-state index contributed by atoms with van der Waals surface area (Å²) >= 11 is 0. The van der Waals surface area contributed by atoms with E-state index in [1.54, 1.807) is 13.0 Å². The number of nitrogens with zero attached hydrogens (tertiary/aromatic N) is 1. The molecule has 0 bridgehead atoms. The average molecular weight is 280 g/mol. The minimum atomic E-state index is -0.0718. The molecule has 2 aromatic rings. The fourth-order valence-electron chi connectivity index (χ4n) is 2.60. The highest BCUT2D eigenvalue weighted by Crippen LogP contribution is 2.35. The molecular weight excluding hydrogens is 264 g/mol. The number of carbonyl (C=O) groups is 1. The first-order chi connectivity index (χ1) is 10.2. The Kier molecular flexibility index (Phi) is 3.44. The van der Waals surface area contributed by atoms with Crippen molar-refractivity contribution in [3.63, 3.8) is 0 Å². The standard InChI is InChI=1S/C17H16N2O2/c1-11(19-21)12-6-4-7-14(9-12)18-17(20)16-10-13-5-2-3-8-15(13)16/h2-9,16,21H,10H2,1H3,(H,18,20). The number of fused-ring (bicyclic) bond motifs is 1. The molecule has 0 heterocycles. The first kappa shape index (κ1) is 13.4. The molecule has 106 valence electrons. The third-order valence-corrected chi connectivity index (χ3v) is 3.87. The predicted octanol–water partition coefficient (Wildman–Crippen LogP) is 3.16. The Morgan fingerprint density at radius 3 is 2.81 bits per heavy atom. The van der Waals surface area contributed by atoms with Gasteiger partial charge in [-0.05, 0) is 36.6 Å². The number of rotatable bonds is 3. The summed E-state index contributed by atoms with van der Waals surface area (Å²) in [6.45, 7) is 1.71. The monoisotopic (exact) mass is 280 g/mol. The fourth-order valence-corrected chi connectivity index (χ4v) is 2.60. The Balaban J connectivity index is 1.75. The van der Waals surface area contributed by atoms with Crippen molar-refractivity contribution in [3.05, 3.63) is 65.2 Å². The Bertz CT molecular complexity index is 722. The molecule has 0 radical (unpaired) electrons. The first-order valence-electron chi connectivity index (χ1n) is 6.87. The van der Waals surface area contributed by atoms with Crippen molar-refractivity contribution in [1.29, 1.82) is 0 Å². The highest BCUT2D eigenvalue weighted by Gasteiger charge is 2.31. The van der Waals surface area contributed by atoms with Crippen LogP contribution in [-0.2, 0) is 11.2 Å². The first-order valence-corrected chi connectivity index (χ1v) is 6.87. The normalized spacial score (nSPS) is 16.8. The lowest BCUT2D eigenvalue weighted by Gasteiger charge is -2.28. The summed E-state index contributed by atoms with van der Waals surface area (Å²) in [6, 6.07) is 15.3. The number of benzene rings is 2. The van der Waals surface area contributed by atoms with Crippen LogP contribution in [0, 0.1) is 0 Å². The molecule has 2 N–H and O–H groups in total. The molecule has 0 saturated heterocycles. The average Bonchev–Trinajstić information content (AvgIpc) is 2.48. The van der Waals surface area contributed by atoms with Crippen LogP contribution in [0.2, 0.25) is 0 Å². The van der Waals surface area contributed by atoms with Crippen LogP contribution in [0.5, 0.6) is 0 Å². The molecule has 0 saturated carbocycles. The summed E-state index contributed by atoms with van der Waals surface area (Å²) in [7, 11) is 0. The van der Waals surface area contributed by atoms with Gasteiger partial charge < -0.3 is 10.5 Å².